The Balaban J connectivity index is 1.64. The van der Waals surface area contributed by atoms with Gasteiger partial charge in [0, 0.05) is 11.8 Å². The van der Waals surface area contributed by atoms with Gasteiger partial charge in [0.05, 0.1) is 23.9 Å². The minimum atomic E-state index is -1.27. The van der Waals surface area contributed by atoms with E-state index >= 15 is 0 Å². The molecular weight excluding hydrogens is 358 g/mol. The lowest BCUT2D eigenvalue weighted by Gasteiger charge is -2.06. The van der Waals surface area contributed by atoms with Crippen molar-refractivity contribution in [3.8, 4) is 11.5 Å². The Morgan fingerprint density at radius 1 is 1.27 bits per heavy atom. The maximum absolute atomic E-state index is 12.1. The van der Waals surface area contributed by atoms with Crippen LogP contribution in [0, 0.1) is 0 Å². The largest absolute Gasteiger partial charge is 0.507 e. The van der Waals surface area contributed by atoms with Crippen LogP contribution in [-0.2, 0) is 4.79 Å². The van der Waals surface area contributed by atoms with Crippen LogP contribution in [0.25, 0.3) is 11.0 Å². The van der Waals surface area contributed by atoms with Crippen molar-refractivity contribution in [3.05, 3.63) is 42.0 Å². The molecule has 0 aliphatic rings. The number of imidazole rings is 1. The van der Waals surface area contributed by atoms with E-state index in [0.29, 0.717) is 16.6 Å². The molecule has 1 amide bonds. The summed E-state index contributed by atoms with van der Waals surface area (Å²) < 4.78 is 5.15. The average molecular weight is 373 g/mol. The zero-order valence-corrected chi connectivity index (χ0v) is 14.5. The molecule has 0 bridgehead atoms. The number of nitrogens with zero attached hydrogens (tertiary/aromatic N) is 1. The molecule has 26 heavy (non-hydrogen) atoms. The van der Waals surface area contributed by atoms with Gasteiger partial charge < -0.3 is 25.3 Å². The van der Waals surface area contributed by atoms with E-state index in [1.807, 2.05) is 12.1 Å². The predicted molar refractivity (Wildman–Crippen MR) is 97.1 cm³/mol. The summed E-state index contributed by atoms with van der Waals surface area (Å²) >= 11 is 1.22. The number of aromatic hydroxyl groups is 1. The first kappa shape index (κ1) is 17.6. The molecule has 4 N–H and O–H groups in total. The first-order chi connectivity index (χ1) is 12.5. The molecule has 0 saturated carbocycles. The van der Waals surface area contributed by atoms with Crippen LogP contribution < -0.4 is 10.1 Å². The van der Waals surface area contributed by atoms with Gasteiger partial charge in [0.2, 0.25) is 5.91 Å². The van der Waals surface area contributed by atoms with Crippen LogP contribution in [0.3, 0.4) is 0 Å². The number of nitrogens with one attached hydrogen (secondary N) is 2. The molecule has 2 aromatic carbocycles. The number of amides is 1. The van der Waals surface area contributed by atoms with Crippen molar-refractivity contribution in [3.63, 3.8) is 0 Å². The average Bonchev–Trinajstić information content (AvgIpc) is 3.03. The van der Waals surface area contributed by atoms with Crippen molar-refractivity contribution in [2.24, 2.45) is 0 Å². The Morgan fingerprint density at radius 2 is 2.08 bits per heavy atom. The lowest BCUT2D eigenvalue weighted by atomic mass is 10.2. The number of methoxy groups -OCH3 is 1. The number of fused-ring (bicyclic) bond motifs is 1. The molecule has 9 heteroatoms. The van der Waals surface area contributed by atoms with E-state index in [-0.39, 0.29) is 23.0 Å². The lowest BCUT2D eigenvalue weighted by molar-refractivity contribution is -0.113. The number of aromatic nitrogens is 2. The highest BCUT2D eigenvalue weighted by Gasteiger charge is 2.12. The number of anilines is 1. The smallest absolute Gasteiger partial charge is 0.339 e. The highest BCUT2D eigenvalue weighted by atomic mass is 32.2. The van der Waals surface area contributed by atoms with Crippen molar-refractivity contribution >= 4 is 40.4 Å². The van der Waals surface area contributed by atoms with E-state index in [2.05, 4.69) is 15.3 Å². The topological polar surface area (TPSA) is 125 Å². The van der Waals surface area contributed by atoms with Crippen LogP contribution in [0.1, 0.15) is 10.4 Å². The number of aromatic amines is 1. The van der Waals surface area contributed by atoms with E-state index in [1.165, 1.54) is 30.0 Å². The Kier molecular flexibility index (Phi) is 4.99. The molecule has 134 valence electrons. The molecule has 0 unspecified atom stereocenters. The summed E-state index contributed by atoms with van der Waals surface area (Å²) in [6.07, 6.45) is 0. The highest BCUT2D eigenvalue weighted by molar-refractivity contribution is 7.99. The highest BCUT2D eigenvalue weighted by Crippen LogP contribution is 2.24. The number of benzene rings is 2. The summed E-state index contributed by atoms with van der Waals surface area (Å²) in [6.45, 7) is 0. The van der Waals surface area contributed by atoms with E-state index in [4.69, 9.17) is 9.84 Å². The van der Waals surface area contributed by atoms with Gasteiger partial charge >= 0.3 is 5.97 Å². The lowest BCUT2D eigenvalue weighted by Crippen LogP contribution is -2.14. The van der Waals surface area contributed by atoms with Crippen LogP contribution in [0.15, 0.2) is 41.6 Å². The molecule has 8 nitrogen and oxygen atoms in total. The summed E-state index contributed by atoms with van der Waals surface area (Å²) in [5, 5.41) is 21.6. The van der Waals surface area contributed by atoms with E-state index in [1.54, 1.807) is 13.2 Å². The van der Waals surface area contributed by atoms with Gasteiger partial charge in [-0.2, -0.15) is 0 Å². The fourth-order valence-corrected chi connectivity index (χ4v) is 2.96. The Morgan fingerprint density at radius 3 is 2.81 bits per heavy atom. The first-order valence-corrected chi connectivity index (χ1v) is 8.47. The third-order valence-electron chi connectivity index (χ3n) is 3.52. The first-order valence-electron chi connectivity index (χ1n) is 7.49. The summed E-state index contributed by atoms with van der Waals surface area (Å²) in [4.78, 5) is 30.5. The molecule has 0 radical (unpaired) electrons. The predicted octanol–water partition coefficient (Wildman–Crippen LogP) is 2.71. The number of ether oxygens (including phenoxy) is 1. The summed E-state index contributed by atoms with van der Waals surface area (Å²) in [7, 11) is 1.58. The minimum Gasteiger partial charge on any atom is -0.507 e. The Labute approximate surface area is 152 Å². The maximum Gasteiger partial charge on any atom is 0.339 e. The molecule has 3 rings (SSSR count). The number of carboxylic acids is 1. The second kappa shape index (κ2) is 7.36. The summed E-state index contributed by atoms with van der Waals surface area (Å²) in [5.41, 5.74) is 1.58. The molecule has 0 spiro atoms. The number of hydrogen-bond donors (Lipinski definition) is 4. The standard InChI is InChI=1S/C17H15N3O5S/c1-25-10-3-4-12-13(7-10)20-17(19-12)26-8-15(22)18-9-2-5-14(21)11(6-9)16(23)24/h2-7,21H,8H2,1H3,(H,18,22)(H,19,20)(H,23,24). The number of carbonyl (C=O) groups is 2. The quantitative estimate of drug-likeness (QED) is 0.387. The SMILES string of the molecule is COc1ccc2nc(SCC(=O)Nc3ccc(O)c(C(=O)O)c3)[nH]c2c1. The van der Waals surface area contributed by atoms with E-state index in [0.717, 1.165) is 11.0 Å². The van der Waals surface area contributed by atoms with Gasteiger partial charge in [-0.25, -0.2) is 9.78 Å². The van der Waals surface area contributed by atoms with Crippen LogP contribution in [-0.4, -0.2) is 44.9 Å². The zero-order valence-electron chi connectivity index (χ0n) is 13.6. The molecule has 1 heterocycles. The molecule has 3 aromatic rings. The van der Waals surface area contributed by atoms with Gasteiger partial charge in [-0.05, 0) is 30.3 Å². The van der Waals surface area contributed by atoms with Gasteiger partial charge in [0.1, 0.15) is 17.1 Å². The van der Waals surface area contributed by atoms with Gasteiger partial charge in [0.25, 0.3) is 0 Å². The van der Waals surface area contributed by atoms with Crippen molar-refractivity contribution < 1.29 is 24.5 Å². The molecule has 1 aromatic heterocycles. The maximum atomic E-state index is 12.1. The van der Waals surface area contributed by atoms with Crippen LogP contribution in [0.4, 0.5) is 5.69 Å². The van der Waals surface area contributed by atoms with Crippen molar-refractivity contribution in [2.45, 2.75) is 5.16 Å². The zero-order chi connectivity index (χ0) is 18.7. The van der Waals surface area contributed by atoms with Gasteiger partial charge in [0.15, 0.2) is 5.16 Å². The van der Waals surface area contributed by atoms with Crippen LogP contribution >= 0.6 is 11.8 Å². The monoisotopic (exact) mass is 373 g/mol. The second-order valence-electron chi connectivity index (χ2n) is 5.30. The minimum absolute atomic E-state index is 0.0836. The number of phenols is 1. The van der Waals surface area contributed by atoms with Crippen LogP contribution in [0.5, 0.6) is 11.5 Å². The van der Waals surface area contributed by atoms with E-state index < -0.39 is 5.97 Å². The van der Waals surface area contributed by atoms with Gasteiger partial charge in [-0.3, -0.25) is 4.79 Å². The fourth-order valence-electron chi connectivity index (χ4n) is 2.28. The summed E-state index contributed by atoms with van der Waals surface area (Å²) in [5.74, 6) is -1.17. The second-order valence-corrected chi connectivity index (χ2v) is 6.26. The third-order valence-corrected chi connectivity index (χ3v) is 4.39. The van der Waals surface area contributed by atoms with Crippen molar-refractivity contribution in [1.29, 1.82) is 0 Å². The molecule has 0 saturated heterocycles. The molecule has 0 atom stereocenters. The van der Waals surface area contributed by atoms with Crippen molar-refractivity contribution in [1.82, 2.24) is 9.97 Å². The molecule has 0 aliphatic carbocycles. The fraction of sp³-hybridized carbons (Fsp3) is 0.118. The number of rotatable bonds is 6. The van der Waals surface area contributed by atoms with E-state index in [9.17, 15) is 14.7 Å². The number of hydrogen-bond acceptors (Lipinski definition) is 6. The Bertz CT molecular complexity index is 986. The number of aromatic carboxylic acids is 1. The Hall–Kier alpha value is -3.20. The molecule has 0 aliphatic heterocycles. The number of carboxylic acid groups (broad SMARTS) is 1. The number of thioether (sulfide) groups is 1. The third kappa shape index (κ3) is 3.89. The van der Waals surface area contributed by atoms with Crippen molar-refractivity contribution in [2.75, 3.05) is 18.2 Å². The van der Waals surface area contributed by atoms with Gasteiger partial charge in [-0.1, -0.05) is 11.8 Å². The number of H-pyrrole nitrogens is 1. The molecular formula is C17H15N3O5S. The summed E-state index contributed by atoms with van der Waals surface area (Å²) in [6, 6.07) is 9.29. The molecule has 0 fully saturated rings. The van der Waals surface area contributed by atoms with Gasteiger partial charge in [-0.15, -0.1) is 0 Å². The van der Waals surface area contributed by atoms with Crippen LogP contribution in [0.2, 0.25) is 0 Å². The normalized spacial score (nSPS) is 10.7. The number of carbonyl (C=O) groups excluding carboxylic acids is 1.